The normalized spacial score (nSPS) is 11.9. The van der Waals surface area contributed by atoms with Crippen LogP contribution in [0, 0.1) is 0 Å². The van der Waals surface area contributed by atoms with Gasteiger partial charge < -0.3 is 0 Å². The van der Waals surface area contributed by atoms with Crippen LogP contribution in [0.4, 0.5) is 0 Å². The van der Waals surface area contributed by atoms with Crippen LogP contribution in [0.2, 0.25) is 0 Å². The Hall–Kier alpha value is -2.01. The highest BCUT2D eigenvalue weighted by atomic mass is 31.0. The lowest BCUT2D eigenvalue weighted by Gasteiger charge is -2.12. The van der Waals surface area contributed by atoms with Gasteiger partial charge in [-0.25, -0.2) is 4.98 Å². The van der Waals surface area contributed by atoms with Crippen LogP contribution in [-0.4, -0.2) is 9.38 Å². The Balaban J connectivity index is 2.26. The first-order chi connectivity index (χ1) is 11.3. The Morgan fingerprint density at radius 2 is 1.65 bits per heavy atom. The molecule has 0 fully saturated rings. The van der Waals surface area contributed by atoms with E-state index < -0.39 is 0 Å². The first-order valence-electron chi connectivity index (χ1n) is 7.50. The maximum atomic E-state index is 4.68. The molecule has 0 N–H and O–H groups in total. The minimum atomic E-state index is 1.00. The summed E-state index contributed by atoms with van der Waals surface area (Å²) in [6.07, 6.45) is 1.87. The van der Waals surface area contributed by atoms with Crippen molar-refractivity contribution in [2.75, 3.05) is 0 Å². The van der Waals surface area contributed by atoms with E-state index in [0.717, 1.165) is 11.1 Å². The number of hydrogen-bond acceptors (Lipinski definition) is 1. The lowest BCUT2D eigenvalue weighted by atomic mass is 9.99. The van der Waals surface area contributed by atoms with Crippen molar-refractivity contribution in [3.63, 3.8) is 0 Å². The highest BCUT2D eigenvalue weighted by Crippen LogP contribution is 2.34. The maximum absolute atomic E-state index is 4.68. The Labute approximate surface area is 137 Å². The van der Waals surface area contributed by atoms with Gasteiger partial charge in [-0.2, -0.15) is 0 Å². The summed E-state index contributed by atoms with van der Waals surface area (Å²) in [5, 5.41) is 7.48. The molecule has 0 saturated carbocycles. The van der Waals surface area contributed by atoms with Crippen molar-refractivity contribution in [3.05, 3.63) is 60.8 Å². The maximum Gasteiger partial charge on any atom is 0.145 e. The smallest absolute Gasteiger partial charge is 0.145 e. The van der Waals surface area contributed by atoms with Gasteiger partial charge in [-0.3, -0.25) is 4.40 Å². The highest BCUT2D eigenvalue weighted by molar-refractivity contribution is 7.30. The van der Waals surface area contributed by atoms with E-state index in [9.17, 15) is 0 Å². The molecule has 0 bridgehead atoms. The molecule has 0 aliphatic rings. The molecular weight excluding hydrogens is 318 g/mol. The van der Waals surface area contributed by atoms with Crippen molar-refractivity contribution in [1.29, 1.82) is 0 Å². The van der Waals surface area contributed by atoms with E-state index in [0.29, 0.717) is 0 Å². The Bertz CT molecular complexity index is 1240. The van der Waals surface area contributed by atoms with Gasteiger partial charge in [0.05, 0.1) is 5.52 Å². The van der Waals surface area contributed by atoms with Gasteiger partial charge in [0.2, 0.25) is 0 Å². The third-order valence-corrected chi connectivity index (χ3v) is 5.38. The minimum Gasteiger partial charge on any atom is -0.294 e. The molecule has 0 radical (unpaired) electrons. The van der Waals surface area contributed by atoms with Crippen LogP contribution >= 0.6 is 18.5 Å². The molecule has 2 unspecified atom stereocenters. The number of benzene rings is 2. The van der Waals surface area contributed by atoms with E-state index >= 15 is 0 Å². The molecular formula is C19H14N2P2. The van der Waals surface area contributed by atoms with Gasteiger partial charge in [0.1, 0.15) is 5.65 Å². The Morgan fingerprint density at radius 1 is 0.826 bits per heavy atom. The van der Waals surface area contributed by atoms with E-state index in [1.165, 1.54) is 37.8 Å². The van der Waals surface area contributed by atoms with E-state index in [4.69, 9.17) is 0 Å². The van der Waals surface area contributed by atoms with Crippen LogP contribution in [0.3, 0.4) is 0 Å². The first-order valence-corrected chi connectivity index (χ1v) is 8.66. The van der Waals surface area contributed by atoms with E-state index in [1.807, 2.05) is 12.3 Å². The summed E-state index contributed by atoms with van der Waals surface area (Å²) >= 11 is 0. The molecule has 2 aromatic carbocycles. The number of pyridine rings is 2. The fraction of sp³-hybridized carbons (Fsp3) is 0. The predicted octanol–water partition coefficient (Wildman–Crippen LogP) is 3.79. The highest BCUT2D eigenvalue weighted by Gasteiger charge is 2.15. The SMILES string of the molecule is Pc1cc(P)n2c3ncccc3c3c4ccccc4ccc3c12. The van der Waals surface area contributed by atoms with Gasteiger partial charge in [0.25, 0.3) is 0 Å². The lowest BCUT2D eigenvalue weighted by Crippen LogP contribution is -2.03. The summed E-state index contributed by atoms with van der Waals surface area (Å²) in [5.41, 5.74) is 3.35. The zero-order chi connectivity index (χ0) is 15.6. The number of hydrogen-bond donors (Lipinski definition) is 0. The molecule has 0 saturated heterocycles. The van der Waals surface area contributed by atoms with Crippen molar-refractivity contribution in [3.8, 4) is 0 Å². The molecule has 4 heteroatoms. The fourth-order valence-electron chi connectivity index (χ4n) is 3.58. The Kier molecular flexibility index (Phi) is 2.77. The molecule has 5 aromatic rings. The Morgan fingerprint density at radius 3 is 2.57 bits per heavy atom. The second kappa shape index (κ2) is 4.74. The molecule has 2 nitrogen and oxygen atoms in total. The topological polar surface area (TPSA) is 17.3 Å². The third kappa shape index (κ3) is 1.74. The van der Waals surface area contributed by atoms with E-state index in [1.54, 1.807) is 0 Å². The molecule has 0 spiro atoms. The van der Waals surface area contributed by atoms with Crippen molar-refractivity contribution >= 4 is 67.3 Å². The predicted molar refractivity (Wildman–Crippen MR) is 106 cm³/mol. The van der Waals surface area contributed by atoms with Gasteiger partial charge in [-0.1, -0.05) is 45.6 Å². The van der Waals surface area contributed by atoms with Crippen LogP contribution in [0.15, 0.2) is 60.8 Å². The van der Waals surface area contributed by atoms with Crippen LogP contribution in [0.5, 0.6) is 0 Å². The van der Waals surface area contributed by atoms with Gasteiger partial charge in [0, 0.05) is 27.8 Å². The van der Waals surface area contributed by atoms with E-state index in [2.05, 4.69) is 76.4 Å². The zero-order valence-corrected chi connectivity index (χ0v) is 14.6. The monoisotopic (exact) mass is 332 g/mol. The summed E-state index contributed by atoms with van der Waals surface area (Å²) < 4.78 is 2.24. The molecule has 3 heterocycles. The molecule has 5 rings (SSSR count). The summed E-state index contributed by atoms with van der Waals surface area (Å²) in [4.78, 5) is 4.68. The van der Waals surface area contributed by atoms with E-state index in [-0.39, 0.29) is 0 Å². The molecule has 0 aliphatic carbocycles. The van der Waals surface area contributed by atoms with Crippen LogP contribution in [0.25, 0.3) is 38.1 Å². The van der Waals surface area contributed by atoms with Crippen molar-refractivity contribution < 1.29 is 0 Å². The fourth-order valence-corrected chi connectivity index (χ4v) is 4.66. The summed E-state index contributed by atoms with van der Waals surface area (Å²) in [6, 6.07) is 19.4. The quantitative estimate of drug-likeness (QED) is 0.311. The van der Waals surface area contributed by atoms with Crippen LogP contribution in [-0.2, 0) is 0 Å². The molecule has 3 aromatic heterocycles. The van der Waals surface area contributed by atoms with Crippen LogP contribution in [0.1, 0.15) is 0 Å². The third-order valence-electron chi connectivity index (χ3n) is 4.51. The van der Waals surface area contributed by atoms with Crippen LogP contribution < -0.4 is 10.7 Å². The zero-order valence-electron chi connectivity index (χ0n) is 12.3. The molecule has 23 heavy (non-hydrogen) atoms. The largest absolute Gasteiger partial charge is 0.294 e. The minimum absolute atomic E-state index is 1.00. The standard InChI is InChI=1S/C19H14N2P2/c22-15-10-16(23)21-18(15)13-8-7-11-4-1-2-5-12(11)17(13)14-6-3-9-20-19(14)21/h1-10H,22-23H2. The second-order valence-corrected chi connectivity index (χ2v) is 7.01. The van der Waals surface area contributed by atoms with Gasteiger partial charge in [-0.05, 0) is 34.3 Å². The van der Waals surface area contributed by atoms with Crippen molar-refractivity contribution in [2.24, 2.45) is 0 Å². The number of nitrogens with zero attached hydrogens (tertiary/aromatic N) is 2. The number of aromatic nitrogens is 2. The first kappa shape index (κ1) is 13.4. The molecule has 0 amide bonds. The summed E-state index contributed by atoms with van der Waals surface area (Å²) in [6.45, 7) is 0. The molecule has 0 aliphatic heterocycles. The average molecular weight is 332 g/mol. The van der Waals surface area contributed by atoms with Gasteiger partial charge in [0.15, 0.2) is 0 Å². The number of rotatable bonds is 0. The average Bonchev–Trinajstić information content (AvgIpc) is 2.89. The van der Waals surface area contributed by atoms with Gasteiger partial charge >= 0.3 is 0 Å². The summed E-state index contributed by atoms with van der Waals surface area (Å²) in [5.74, 6) is 0. The van der Waals surface area contributed by atoms with Crippen molar-refractivity contribution in [1.82, 2.24) is 9.38 Å². The van der Waals surface area contributed by atoms with Crippen molar-refractivity contribution in [2.45, 2.75) is 0 Å². The number of fused-ring (bicyclic) bond motifs is 8. The summed E-state index contributed by atoms with van der Waals surface area (Å²) in [7, 11) is 5.69. The molecule has 110 valence electrons. The second-order valence-electron chi connectivity index (χ2n) is 5.79. The van der Waals surface area contributed by atoms with Gasteiger partial charge in [-0.15, -0.1) is 9.24 Å². The lowest BCUT2D eigenvalue weighted by molar-refractivity contribution is 1.24. The molecule has 2 atom stereocenters.